The van der Waals surface area contributed by atoms with Gasteiger partial charge in [0.25, 0.3) is 0 Å². The van der Waals surface area contributed by atoms with Crippen LogP contribution in [0, 0.1) is 0 Å². The molecule has 0 aromatic carbocycles. The number of rotatable bonds is 4. The number of anilines is 1. The Morgan fingerprint density at radius 2 is 2.29 bits per heavy atom. The topological polar surface area (TPSA) is 54.8 Å². The molecule has 2 rings (SSSR count). The highest BCUT2D eigenvalue weighted by Crippen LogP contribution is 2.35. The van der Waals surface area contributed by atoms with E-state index in [9.17, 15) is 0 Å². The van der Waals surface area contributed by atoms with Gasteiger partial charge in [0, 0.05) is 26.1 Å². The van der Waals surface area contributed by atoms with Crippen molar-refractivity contribution in [3.8, 4) is 0 Å². The number of nitrogens with one attached hydrogen (secondary N) is 2. The molecule has 0 aliphatic carbocycles. The Hall–Kier alpha value is -1.10. The summed E-state index contributed by atoms with van der Waals surface area (Å²) in [6.07, 6.45) is 4.80. The van der Waals surface area contributed by atoms with Gasteiger partial charge in [-0.15, -0.1) is 10.2 Å². The van der Waals surface area contributed by atoms with Crippen LogP contribution >= 0.6 is 0 Å². The highest BCUT2D eigenvalue weighted by Gasteiger charge is 2.37. The summed E-state index contributed by atoms with van der Waals surface area (Å²) in [6, 6.07) is 0. The van der Waals surface area contributed by atoms with E-state index in [1.165, 1.54) is 25.7 Å². The van der Waals surface area contributed by atoms with E-state index in [1.807, 2.05) is 14.1 Å². The summed E-state index contributed by atoms with van der Waals surface area (Å²) in [4.78, 5) is 0. The van der Waals surface area contributed by atoms with Crippen LogP contribution in [0.5, 0.6) is 0 Å². The normalized spacial score (nSPS) is 24.9. The van der Waals surface area contributed by atoms with Gasteiger partial charge in [0.05, 0.1) is 0 Å². The van der Waals surface area contributed by atoms with Crippen LogP contribution in [0.2, 0.25) is 0 Å². The van der Waals surface area contributed by atoms with Crippen LogP contribution in [0.3, 0.4) is 0 Å². The monoisotopic (exact) mass is 237 g/mol. The fourth-order valence-corrected chi connectivity index (χ4v) is 2.97. The minimum absolute atomic E-state index is 0.170. The van der Waals surface area contributed by atoms with Gasteiger partial charge in [-0.3, -0.25) is 0 Å². The summed E-state index contributed by atoms with van der Waals surface area (Å²) in [5.74, 6) is 1.97. The molecule has 0 amide bonds. The molecule has 1 fully saturated rings. The van der Waals surface area contributed by atoms with Gasteiger partial charge in [-0.05, 0) is 25.8 Å². The number of hydrogen-bond acceptors (Lipinski definition) is 4. The molecular formula is C12H23N5. The summed E-state index contributed by atoms with van der Waals surface area (Å²) in [6.45, 7) is 4.39. The van der Waals surface area contributed by atoms with Gasteiger partial charge in [0.2, 0.25) is 5.95 Å². The minimum Gasteiger partial charge on any atom is -0.357 e. The SMILES string of the molecule is CCCC1(c2nnc(NC)n2C)CCCNC1. The Bertz CT molecular complexity index is 359. The van der Waals surface area contributed by atoms with Crippen LogP contribution in [-0.2, 0) is 12.5 Å². The highest BCUT2D eigenvalue weighted by atomic mass is 15.3. The van der Waals surface area contributed by atoms with Crippen LogP contribution in [0.4, 0.5) is 5.95 Å². The van der Waals surface area contributed by atoms with Crippen molar-refractivity contribution >= 4 is 5.95 Å². The fourth-order valence-electron chi connectivity index (χ4n) is 2.97. The number of nitrogens with zero attached hydrogens (tertiary/aromatic N) is 3. The zero-order valence-corrected chi connectivity index (χ0v) is 11.1. The van der Waals surface area contributed by atoms with E-state index in [0.29, 0.717) is 0 Å². The molecule has 1 saturated heterocycles. The maximum Gasteiger partial charge on any atom is 0.224 e. The zero-order chi connectivity index (χ0) is 12.3. The molecule has 17 heavy (non-hydrogen) atoms. The summed E-state index contributed by atoms with van der Waals surface area (Å²) >= 11 is 0. The lowest BCUT2D eigenvalue weighted by Gasteiger charge is -2.36. The lowest BCUT2D eigenvalue weighted by atomic mass is 9.76. The third-order valence-corrected chi connectivity index (χ3v) is 3.77. The Morgan fingerprint density at radius 1 is 1.47 bits per heavy atom. The molecule has 96 valence electrons. The van der Waals surface area contributed by atoms with Crippen molar-refractivity contribution in [3.05, 3.63) is 5.82 Å². The maximum atomic E-state index is 4.41. The second kappa shape index (κ2) is 5.04. The molecule has 2 N–H and O–H groups in total. The standard InChI is InChI=1S/C12H23N5/c1-4-6-12(7-5-8-14-9-12)10-15-16-11(13-2)17(10)3/h14H,4-9H2,1-3H3,(H,13,16). The fraction of sp³-hybridized carbons (Fsp3) is 0.833. The molecule has 0 spiro atoms. The first-order valence-corrected chi connectivity index (χ1v) is 6.52. The van der Waals surface area contributed by atoms with Crippen LogP contribution in [0.25, 0.3) is 0 Å². The van der Waals surface area contributed by atoms with E-state index < -0.39 is 0 Å². The van der Waals surface area contributed by atoms with Gasteiger partial charge in [0.15, 0.2) is 0 Å². The average Bonchev–Trinajstić information content (AvgIpc) is 2.72. The van der Waals surface area contributed by atoms with Crippen molar-refractivity contribution in [2.45, 2.75) is 38.0 Å². The van der Waals surface area contributed by atoms with E-state index in [-0.39, 0.29) is 5.41 Å². The Morgan fingerprint density at radius 3 is 2.82 bits per heavy atom. The lowest BCUT2D eigenvalue weighted by Crippen LogP contribution is -2.45. The van der Waals surface area contributed by atoms with Gasteiger partial charge in [-0.2, -0.15) is 0 Å². The van der Waals surface area contributed by atoms with E-state index in [2.05, 4.69) is 32.3 Å². The van der Waals surface area contributed by atoms with Crippen LogP contribution in [-0.4, -0.2) is 34.9 Å². The predicted octanol–water partition coefficient (Wildman–Crippen LogP) is 1.28. The Balaban J connectivity index is 2.34. The maximum absolute atomic E-state index is 4.41. The van der Waals surface area contributed by atoms with Crippen LogP contribution in [0.15, 0.2) is 0 Å². The second-order valence-electron chi connectivity index (χ2n) is 4.97. The number of hydrogen-bond donors (Lipinski definition) is 2. The van der Waals surface area contributed by atoms with E-state index in [0.717, 1.165) is 24.9 Å². The van der Waals surface area contributed by atoms with Crippen molar-refractivity contribution in [3.63, 3.8) is 0 Å². The zero-order valence-electron chi connectivity index (χ0n) is 11.1. The van der Waals surface area contributed by atoms with Crippen molar-refractivity contribution in [1.29, 1.82) is 0 Å². The molecule has 1 aliphatic heterocycles. The average molecular weight is 237 g/mol. The third-order valence-electron chi connectivity index (χ3n) is 3.77. The predicted molar refractivity (Wildman–Crippen MR) is 69.2 cm³/mol. The molecule has 1 unspecified atom stereocenters. The summed E-state index contributed by atoms with van der Waals surface area (Å²) in [5.41, 5.74) is 0.170. The molecule has 0 radical (unpaired) electrons. The van der Waals surface area contributed by atoms with E-state index >= 15 is 0 Å². The first-order chi connectivity index (χ1) is 8.23. The van der Waals surface area contributed by atoms with Crippen molar-refractivity contribution < 1.29 is 0 Å². The molecule has 5 heteroatoms. The van der Waals surface area contributed by atoms with Gasteiger partial charge >= 0.3 is 0 Å². The van der Waals surface area contributed by atoms with Crippen LogP contribution in [0.1, 0.15) is 38.4 Å². The molecule has 1 aromatic rings. The molecule has 2 heterocycles. The summed E-state index contributed by atoms with van der Waals surface area (Å²) in [5, 5.41) is 15.2. The summed E-state index contributed by atoms with van der Waals surface area (Å²) in [7, 11) is 3.94. The quantitative estimate of drug-likeness (QED) is 0.828. The van der Waals surface area contributed by atoms with E-state index in [4.69, 9.17) is 0 Å². The van der Waals surface area contributed by atoms with Gasteiger partial charge < -0.3 is 15.2 Å². The number of piperidine rings is 1. The first kappa shape index (κ1) is 12.4. The van der Waals surface area contributed by atoms with Gasteiger partial charge in [-0.25, -0.2) is 0 Å². The smallest absolute Gasteiger partial charge is 0.224 e. The van der Waals surface area contributed by atoms with Crippen molar-refractivity contribution in [2.75, 3.05) is 25.5 Å². The highest BCUT2D eigenvalue weighted by molar-refractivity contribution is 5.27. The first-order valence-electron chi connectivity index (χ1n) is 6.52. The molecule has 5 nitrogen and oxygen atoms in total. The molecule has 1 atom stereocenters. The Kier molecular flexibility index (Phi) is 3.66. The van der Waals surface area contributed by atoms with Crippen molar-refractivity contribution in [1.82, 2.24) is 20.1 Å². The molecular weight excluding hydrogens is 214 g/mol. The molecule has 1 aliphatic rings. The Labute approximate surface area is 103 Å². The minimum atomic E-state index is 0.170. The molecule has 0 saturated carbocycles. The third kappa shape index (κ3) is 2.16. The molecule has 1 aromatic heterocycles. The second-order valence-corrected chi connectivity index (χ2v) is 4.97. The molecule has 0 bridgehead atoms. The largest absolute Gasteiger partial charge is 0.357 e. The van der Waals surface area contributed by atoms with E-state index in [1.54, 1.807) is 0 Å². The van der Waals surface area contributed by atoms with Crippen LogP contribution < -0.4 is 10.6 Å². The van der Waals surface area contributed by atoms with Crippen molar-refractivity contribution in [2.24, 2.45) is 7.05 Å². The lowest BCUT2D eigenvalue weighted by molar-refractivity contribution is 0.270. The summed E-state index contributed by atoms with van der Waals surface area (Å²) < 4.78 is 2.10. The van der Waals surface area contributed by atoms with Gasteiger partial charge in [-0.1, -0.05) is 13.3 Å². The van der Waals surface area contributed by atoms with Gasteiger partial charge in [0.1, 0.15) is 5.82 Å². The number of aromatic nitrogens is 3.